The van der Waals surface area contributed by atoms with Gasteiger partial charge in [0.15, 0.2) is 5.78 Å². The third-order valence-corrected chi connectivity index (χ3v) is 10.9. The highest BCUT2D eigenvalue weighted by atomic mass is 16.5. The van der Waals surface area contributed by atoms with Crippen molar-refractivity contribution in [1.82, 2.24) is 26.6 Å². The Hall–Kier alpha value is -5.26. The number of unbranched alkanes of at least 4 members (excludes halogenated alkanes) is 13. The number of hydrogen-bond donors (Lipinski definition) is 9. The van der Waals surface area contributed by atoms with Crippen molar-refractivity contribution >= 4 is 59.2 Å². The number of ketones is 1. The van der Waals surface area contributed by atoms with Crippen LogP contribution in [0.15, 0.2) is 0 Å². The second-order valence-electron chi connectivity index (χ2n) is 17.5. The highest BCUT2D eigenvalue weighted by Gasteiger charge is 2.26. The fourth-order valence-electron chi connectivity index (χ4n) is 6.69. The van der Waals surface area contributed by atoms with Crippen LogP contribution >= 0.6 is 0 Å². The fraction of sp³-hybridized carbons (Fsp3) is 0.792. The van der Waals surface area contributed by atoms with Crippen molar-refractivity contribution in [3.63, 3.8) is 0 Å². The van der Waals surface area contributed by atoms with E-state index in [1.165, 1.54) is 25.7 Å². The number of hydrogen-bond acceptors (Lipinski definition) is 14. The summed E-state index contributed by atoms with van der Waals surface area (Å²) in [4.78, 5) is 119. The van der Waals surface area contributed by atoms with Crippen LogP contribution in [0.3, 0.4) is 0 Å². The molecule has 0 radical (unpaired) electrons. The minimum absolute atomic E-state index is 0.00825. The first-order valence-corrected chi connectivity index (χ1v) is 25.1. The summed E-state index contributed by atoms with van der Waals surface area (Å²) >= 11 is 0. The van der Waals surface area contributed by atoms with Gasteiger partial charge in [-0.15, -0.1) is 0 Å². The summed E-state index contributed by atoms with van der Waals surface area (Å²) in [6, 6.07) is -4.42. The molecule has 0 aromatic rings. The van der Waals surface area contributed by atoms with E-state index >= 15 is 0 Å². The second-order valence-corrected chi connectivity index (χ2v) is 17.5. The molecule has 0 aliphatic carbocycles. The average molecular weight is 1020 g/mol. The summed E-state index contributed by atoms with van der Waals surface area (Å²) in [7, 11) is 0. The number of ether oxygens (including phenoxy) is 4. The summed E-state index contributed by atoms with van der Waals surface area (Å²) < 4.78 is 21.1. The predicted molar refractivity (Wildman–Crippen MR) is 257 cm³/mol. The van der Waals surface area contributed by atoms with Gasteiger partial charge in [0.25, 0.3) is 0 Å². The average Bonchev–Trinajstić information content (AvgIpc) is 3.31. The molecule has 2 unspecified atom stereocenters. The van der Waals surface area contributed by atoms with Crippen molar-refractivity contribution in [2.45, 2.75) is 173 Å². The lowest BCUT2D eigenvalue weighted by molar-refractivity contribution is -0.144. The number of amides is 5. The molecule has 23 nitrogen and oxygen atoms in total. The van der Waals surface area contributed by atoms with Gasteiger partial charge in [0, 0.05) is 51.1 Å². The molecule has 408 valence electrons. The summed E-state index contributed by atoms with van der Waals surface area (Å²) in [5.74, 6) is -8.11. The quantitative estimate of drug-likeness (QED) is 0.0396. The van der Waals surface area contributed by atoms with Crippen molar-refractivity contribution in [1.29, 1.82) is 0 Å². The SMILES string of the molecule is CC(C)C(=O)COCCOCCNC(=O)COCCOCCNC(=O)CCC(NC(=O)CCC(NC(=O)CC[C@H](NC(=O)CCCCCCCCCCCCCCCCC(=O)O)C(=O)O)C(=O)O)C(=O)O. The van der Waals surface area contributed by atoms with Crippen molar-refractivity contribution in [2.75, 3.05) is 65.9 Å². The third kappa shape index (κ3) is 41.1. The van der Waals surface area contributed by atoms with E-state index in [-0.39, 0.29) is 116 Å². The van der Waals surface area contributed by atoms with Gasteiger partial charge in [-0.3, -0.25) is 33.6 Å². The predicted octanol–water partition coefficient (Wildman–Crippen LogP) is 2.89. The zero-order chi connectivity index (χ0) is 53.1. The van der Waals surface area contributed by atoms with Crippen LogP contribution in [0.1, 0.15) is 155 Å². The zero-order valence-electron chi connectivity index (χ0n) is 41.9. The zero-order valence-corrected chi connectivity index (χ0v) is 41.9. The summed E-state index contributed by atoms with van der Waals surface area (Å²) in [5, 5.41) is 49.5. The van der Waals surface area contributed by atoms with Gasteiger partial charge < -0.3 is 66.0 Å². The monoisotopic (exact) mass is 1020 g/mol. The molecule has 0 saturated heterocycles. The van der Waals surface area contributed by atoms with Gasteiger partial charge in [-0.05, 0) is 32.1 Å². The first kappa shape index (κ1) is 65.7. The largest absolute Gasteiger partial charge is 0.481 e. The number of rotatable bonds is 49. The van der Waals surface area contributed by atoms with E-state index in [0.717, 1.165) is 57.8 Å². The van der Waals surface area contributed by atoms with Gasteiger partial charge in [0.1, 0.15) is 31.3 Å². The maximum atomic E-state index is 12.6. The maximum absolute atomic E-state index is 12.6. The van der Waals surface area contributed by atoms with E-state index in [4.69, 9.17) is 24.1 Å². The molecular weight excluding hydrogens is 935 g/mol. The molecule has 0 rings (SSSR count). The van der Waals surface area contributed by atoms with Crippen molar-refractivity contribution in [2.24, 2.45) is 5.92 Å². The lowest BCUT2D eigenvalue weighted by Crippen LogP contribution is -2.45. The number of aliphatic carboxylic acids is 4. The van der Waals surface area contributed by atoms with E-state index in [1.54, 1.807) is 13.8 Å². The van der Waals surface area contributed by atoms with Crippen LogP contribution in [-0.4, -0.2) is 164 Å². The van der Waals surface area contributed by atoms with E-state index < -0.39 is 84.9 Å². The number of Topliss-reactive ketones (excluding diaryl/α,β-unsaturated/α-hetero) is 1. The van der Waals surface area contributed by atoms with E-state index in [2.05, 4.69) is 26.6 Å². The van der Waals surface area contributed by atoms with Crippen LogP contribution < -0.4 is 26.6 Å². The lowest BCUT2D eigenvalue weighted by Gasteiger charge is -2.18. The molecule has 0 saturated carbocycles. The number of carbonyl (C=O) groups is 10. The maximum Gasteiger partial charge on any atom is 0.326 e. The van der Waals surface area contributed by atoms with Crippen molar-refractivity contribution in [3.05, 3.63) is 0 Å². The van der Waals surface area contributed by atoms with Crippen molar-refractivity contribution in [3.8, 4) is 0 Å². The van der Waals surface area contributed by atoms with Gasteiger partial charge in [0.05, 0.1) is 39.6 Å². The Labute approximate surface area is 417 Å². The van der Waals surface area contributed by atoms with Crippen molar-refractivity contribution < 1.29 is 87.3 Å². The first-order valence-electron chi connectivity index (χ1n) is 25.1. The summed E-state index contributed by atoms with van der Waals surface area (Å²) in [6.07, 6.45) is 12.4. The van der Waals surface area contributed by atoms with Gasteiger partial charge in [0.2, 0.25) is 29.5 Å². The molecule has 0 bridgehead atoms. The minimum atomic E-state index is -1.56. The molecule has 0 heterocycles. The molecule has 0 aromatic heterocycles. The fourth-order valence-corrected chi connectivity index (χ4v) is 6.69. The van der Waals surface area contributed by atoms with E-state index in [9.17, 15) is 63.3 Å². The molecule has 0 aliphatic rings. The Morgan fingerprint density at radius 3 is 1.07 bits per heavy atom. The van der Waals surface area contributed by atoms with Crippen LogP contribution in [0.2, 0.25) is 0 Å². The van der Waals surface area contributed by atoms with Gasteiger partial charge >= 0.3 is 23.9 Å². The molecule has 0 aromatic carbocycles. The van der Waals surface area contributed by atoms with E-state index in [1.807, 2.05) is 0 Å². The molecule has 71 heavy (non-hydrogen) atoms. The van der Waals surface area contributed by atoms with Crippen LogP contribution in [-0.2, 0) is 66.9 Å². The molecule has 23 heteroatoms. The minimum Gasteiger partial charge on any atom is -0.481 e. The smallest absolute Gasteiger partial charge is 0.326 e. The third-order valence-electron chi connectivity index (χ3n) is 10.9. The summed E-state index contributed by atoms with van der Waals surface area (Å²) in [5.41, 5.74) is 0. The molecule has 0 fully saturated rings. The normalized spacial score (nSPS) is 12.3. The molecule has 0 spiro atoms. The molecule has 0 aliphatic heterocycles. The molecule has 5 amide bonds. The number of nitrogens with one attached hydrogen (secondary N) is 5. The topological polar surface area (TPSA) is 349 Å². The standard InChI is InChI=1S/C48H83N5O18/c1-35(2)39(54)33-70-31-29-69-28-26-50-44(59)34-71-32-30-68-27-25-49-40(55)22-19-36(46(62)63)52-42(57)24-21-38(48(66)67)53-43(58)23-20-37(47(64)65)51-41(56)17-15-13-11-9-7-5-3-4-6-8-10-12-14-16-18-45(60)61/h35-38H,3-34H2,1-2H3,(H,49,55)(H,50,59)(H,51,56)(H,52,57)(H,53,58)(H,60,61)(H,62,63)(H,64,65)(H,66,67)/t36?,37-,38?/m0/s1. The Kier molecular flexibility index (Phi) is 40.3. The highest BCUT2D eigenvalue weighted by molar-refractivity contribution is 5.87. The molecular formula is C48H83N5O18. The number of carbonyl (C=O) groups excluding carboxylic acids is 6. The first-order chi connectivity index (χ1) is 33.9. The Morgan fingerprint density at radius 1 is 0.366 bits per heavy atom. The van der Waals surface area contributed by atoms with E-state index in [0.29, 0.717) is 6.42 Å². The molecule has 3 atom stereocenters. The Balaban J connectivity index is 4.23. The molecule has 9 N–H and O–H groups in total. The van der Waals surface area contributed by atoms with Crippen LogP contribution in [0.5, 0.6) is 0 Å². The van der Waals surface area contributed by atoms with Crippen LogP contribution in [0, 0.1) is 5.92 Å². The highest BCUT2D eigenvalue weighted by Crippen LogP contribution is 2.14. The van der Waals surface area contributed by atoms with Gasteiger partial charge in [-0.25, -0.2) is 14.4 Å². The van der Waals surface area contributed by atoms with Gasteiger partial charge in [-0.2, -0.15) is 0 Å². The van der Waals surface area contributed by atoms with Gasteiger partial charge in [-0.1, -0.05) is 90.9 Å². The Bertz CT molecular complexity index is 1580. The number of carboxylic acids is 4. The lowest BCUT2D eigenvalue weighted by atomic mass is 10.0. The second kappa shape index (κ2) is 43.5. The van der Waals surface area contributed by atoms with Crippen LogP contribution in [0.4, 0.5) is 0 Å². The van der Waals surface area contributed by atoms with Crippen LogP contribution in [0.25, 0.3) is 0 Å². The summed E-state index contributed by atoms with van der Waals surface area (Å²) in [6.45, 7) is 4.89. The Morgan fingerprint density at radius 2 is 0.690 bits per heavy atom. The number of carboxylic acid groups (broad SMARTS) is 4.